The smallest absolute Gasteiger partial charge is 0.306 e. The molecule has 0 aromatic carbocycles. The van der Waals surface area contributed by atoms with E-state index in [1.807, 2.05) is 21.1 Å². The van der Waals surface area contributed by atoms with Crippen LogP contribution in [0.5, 0.6) is 0 Å². The highest BCUT2D eigenvalue weighted by Gasteiger charge is 2.21. The minimum atomic E-state index is -4.62. The van der Waals surface area contributed by atoms with Crippen LogP contribution < -0.4 is 4.89 Å². The van der Waals surface area contributed by atoms with Crippen molar-refractivity contribution in [1.29, 1.82) is 0 Å². The second-order valence-electron chi connectivity index (χ2n) is 17.8. The molecule has 0 aliphatic heterocycles. The minimum absolute atomic E-state index is 0.0291. The van der Waals surface area contributed by atoms with Crippen molar-refractivity contribution in [3.63, 3.8) is 0 Å². The Balaban J connectivity index is 4.26. The molecule has 0 bridgehead atoms. The Bertz CT molecular complexity index is 1000. The van der Waals surface area contributed by atoms with Gasteiger partial charge in [-0.1, -0.05) is 193 Å². The number of carbonyl (C=O) groups excluding carboxylic acids is 2. The van der Waals surface area contributed by atoms with E-state index in [0.717, 1.165) is 51.4 Å². The third-order valence-electron chi connectivity index (χ3n) is 10.8. The van der Waals surface area contributed by atoms with Gasteiger partial charge in [-0.3, -0.25) is 14.2 Å². The van der Waals surface area contributed by atoms with E-state index in [1.165, 1.54) is 148 Å². The summed E-state index contributed by atoms with van der Waals surface area (Å²) in [5, 5.41) is 0. The molecule has 0 fully saturated rings. The van der Waals surface area contributed by atoms with Crippen molar-refractivity contribution in [2.45, 2.75) is 238 Å². The summed E-state index contributed by atoms with van der Waals surface area (Å²) < 4.78 is 34.0. The average molecular weight is 844 g/mol. The highest BCUT2D eigenvalue weighted by Crippen LogP contribution is 2.38. The Morgan fingerprint density at radius 1 is 0.517 bits per heavy atom. The molecule has 0 amide bonds. The van der Waals surface area contributed by atoms with Crippen molar-refractivity contribution in [1.82, 2.24) is 0 Å². The molecule has 0 radical (unpaired) electrons. The number of ether oxygens (including phenoxy) is 2. The van der Waals surface area contributed by atoms with Gasteiger partial charge in [0.1, 0.15) is 19.8 Å². The standard InChI is InChI=1S/C48H94NO8P/c1-6-8-10-12-14-16-18-20-22-24-25-27-28-30-32-34-36-38-40-47(50)54-44-46(45-56-58(52,53)55-43-42-49(3,4)5)57-48(51)41-39-37-35-33-31-29-26-23-21-19-17-15-13-11-9-7-2/h23,26,46H,6-22,24-25,27-45H2,1-5H3/b26-23-/t46-/m1/s1. The first kappa shape index (κ1) is 56.8. The van der Waals surface area contributed by atoms with Crippen LogP contribution in [0.4, 0.5) is 0 Å². The van der Waals surface area contributed by atoms with Crippen LogP contribution in [0.25, 0.3) is 0 Å². The van der Waals surface area contributed by atoms with Gasteiger partial charge < -0.3 is 27.9 Å². The van der Waals surface area contributed by atoms with E-state index in [2.05, 4.69) is 26.0 Å². The van der Waals surface area contributed by atoms with E-state index in [4.69, 9.17) is 18.5 Å². The highest BCUT2D eigenvalue weighted by molar-refractivity contribution is 7.45. The van der Waals surface area contributed by atoms with Gasteiger partial charge in [0.15, 0.2) is 6.10 Å². The third-order valence-corrected chi connectivity index (χ3v) is 11.7. The van der Waals surface area contributed by atoms with Gasteiger partial charge in [0.05, 0.1) is 27.7 Å². The molecule has 0 rings (SSSR count). The zero-order valence-electron chi connectivity index (χ0n) is 38.8. The highest BCUT2D eigenvalue weighted by atomic mass is 31.2. The lowest BCUT2D eigenvalue weighted by atomic mass is 10.0. The van der Waals surface area contributed by atoms with Gasteiger partial charge >= 0.3 is 11.9 Å². The molecule has 0 aliphatic carbocycles. The molecule has 0 N–H and O–H groups in total. The molecule has 58 heavy (non-hydrogen) atoms. The van der Waals surface area contributed by atoms with Crippen molar-refractivity contribution >= 4 is 19.8 Å². The number of phosphoric acid groups is 1. The number of carbonyl (C=O) groups is 2. The van der Waals surface area contributed by atoms with Gasteiger partial charge in [-0.15, -0.1) is 0 Å². The van der Waals surface area contributed by atoms with Crippen LogP contribution in [-0.4, -0.2) is 70.0 Å². The molecular weight excluding hydrogens is 750 g/mol. The SMILES string of the molecule is CCCCCCCCC/C=C\CCCCCCCC(=O)O[C@H](COC(=O)CCCCCCCCCCCCCCCCCCCC)COP(=O)([O-])OCC[N+](C)(C)C. The fraction of sp³-hybridized carbons (Fsp3) is 0.917. The summed E-state index contributed by atoms with van der Waals surface area (Å²) in [6.45, 7) is 4.26. The topological polar surface area (TPSA) is 111 Å². The van der Waals surface area contributed by atoms with Crippen LogP contribution in [0, 0.1) is 0 Å². The molecule has 1 unspecified atom stereocenters. The molecule has 0 saturated heterocycles. The van der Waals surface area contributed by atoms with Crippen molar-refractivity contribution in [2.24, 2.45) is 0 Å². The van der Waals surface area contributed by atoms with E-state index < -0.39 is 26.5 Å². The second kappa shape index (κ2) is 41.1. The molecule has 0 aromatic rings. The van der Waals surface area contributed by atoms with E-state index in [0.29, 0.717) is 17.4 Å². The van der Waals surface area contributed by atoms with E-state index >= 15 is 0 Å². The van der Waals surface area contributed by atoms with Crippen LogP contribution >= 0.6 is 7.82 Å². The van der Waals surface area contributed by atoms with Crippen molar-refractivity contribution in [2.75, 3.05) is 47.5 Å². The normalized spacial score (nSPS) is 13.6. The number of hydrogen-bond acceptors (Lipinski definition) is 8. The van der Waals surface area contributed by atoms with Gasteiger partial charge in [0, 0.05) is 12.8 Å². The predicted octanol–water partition coefficient (Wildman–Crippen LogP) is 13.5. The van der Waals surface area contributed by atoms with Gasteiger partial charge in [0.2, 0.25) is 0 Å². The predicted molar refractivity (Wildman–Crippen MR) is 241 cm³/mol. The van der Waals surface area contributed by atoms with Crippen LogP contribution in [-0.2, 0) is 32.7 Å². The van der Waals surface area contributed by atoms with Crippen LogP contribution in [0.2, 0.25) is 0 Å². The Morgan fingerprint density at radius 3 is 1.28 bits per heavy atom. The number of quaternary nitrogens is 1. The lowest BCUT2D eigenvalue weighted by Crippen LogP contribution is -2.37. The maximum Gasteiger partial charge on any atom is 0.306 e. The lowest BCUT2D eigenvalue weighted by molar-refractivity contribution is -0.870. The zero-order chi connectivity index (χ0) is 42.8. The molecule has 344 valence electrons. The van der Waals surface area contributed by atoms with Crippen LogP contribution in [0.1, 0.15) is 232 Å². The minimum Gasteiger partial charge on any atom is -0.756 e. The summed E-state index contributed by atoms with van der Waals surface area (Å²) in [6, 6.07) is 0. The quantitative estimate of drug-likeness (QED) is 0.0196. The number of nitrogens with zero attached hydrogens (tertiary/aromatic N) is 1. The van der Waals surface area contributed by atoms with Gasteiger partial charge in [0.25, 0.3) is 7.82 Å². The number of esters is 2. The Kier molecular flexibility index (Phi) is 40.2. The first-order chi connectivity index (χ1) is 28.0. The molecule has 10 heteroatoms. The van der Waals surface area contributed by atoms with E-state index in [9.17, 15) is 19.0 Å². The third kappa shape index (κ3) is 44.3. The maximum absolute atomic E-state index is 12.7. The number of hydrogen-bond donors (Lipinski definition) is 0. The van der Waals surface area contributed by atoms with Gasteiger partial charge in [-0.05, 0) is 38.5 Å². The molecule has 0 saturated carbocycles. The summed E-state index contributed by atoms with van der Waals surface area (Å²) in [7, 11) is 1.17. The van der Waals surface area contributed by atoms with E-state index in [1.54, 1.807) is 0 Å². The first-order valence-electron chi connectivity index (χ1n) is 24.4. The zero-order valence-corrected chi connectivity index (χ0v) is 39.7. The van der Waals surface area contributed by atoms with Crippen molar-refractivity contribution in [3.8, 4) is 0 Å². The summed E-state index contributed by atoms with van der Waals surface area (Å²) in [5.41, 5.74) is 0. The molecule has 0 aromatic heterocycles. The Hall–Kier alpha value is -1.25. The fourth-order valence-electron chi connectivity index (χ4n) is 6.95. The van der Waals surface area contributed by atoms with Crippen LogP contribution in [0.3, 0.4) is 0 Å². The summed E-state index contributed by atoms with van der Waals surface area (Å²) in [4.78, 5) is 37.6. The number of rotatable bonds is 45. The molecule has 0 heterocycles. The average Bonchev–Trinajstić information content (AvgIpc) is 3.17. The number of likely N-dealkylation sites (N-methyl/N-ethyl adjacent to an activating group) is 1. The van der Waals surface area contributed by atoms with Gasteiger partial charge in [-0.25, -0.2) is 0 Å². The second-order valence-corrected chi connectivity index (χ2v) is 19.2. The Labute approximate surface area is 358 Å². The number of allylic oxidation sites excluding steroid dienone is 2. The lowest BCUT2D eigenvalue weighted by Gasteiger charge is -2.28. The summed E-state index contributed by atoms with van der Waals surface area (Å²) >= 11 is 0. The Morgan fingerprint density at radius 2 is 0.879 bits per heavy atom. The number of phosphoric ester groups is 1. The monoisotopic (exact) mass is 844 g/mol. The molecule has 9 nitrogen and oxygen atoms in total. The fourth-order valence-corrected chi connectivity index (χ4v) is 7.67. The first-order valence-corrected chi connectivity index (χ1v) is 25.9. The maximum atomic E-state index is 12.7. The van der Waals surface area contributed by atoms with Crippen molar-refractivity contribution < 1.29 is 42.1 Å². The largest absolute Gasteiger partial charge is 0.756 e. The molecule has 0 aliphatic rings. The van der Waals surface area contributed by atoms with E-state index in [-0.39, 0.29) is 32.0 Å². The molecule has 0 spiro atoms. The van der Waals surface area contributed by atoms with Crippen LogP contribution in [0.15, 0.2) is 12.2 Å². The molecule has 2 atom stereocenters. The number of unbranched alkanes of at least 4 members (excludes halogenated alkanes) is 29. The summed E-state index contributed by atoms with van der Waals surface area (Å²) in [5.74, 6) is -0.831. The summed E-state index contributed by atoms with van der Waals surface area (Å²) in [6.07, 6.45) is 43.8. The molecular formula is C48H94NO8P. The van der Waals surface area contributed by atoms with Crippen molar-refractivity contribution in [3.05, 3.63) is 12.2 Å². The van der Waals surface area contributed by atoms with Gasteiger partial charge in [-0.2, -0.15) is 0 Å².